The molecule has 1 fully saturated rings. The van der Waals surface area contributed by atoms with Crippen LogP contribution in [-0.4, -0.2) is 25.2 Å². The minimum absolute atomic E-state index is 0.0342. The average Bonchev–Trinajstić information content (AvgIpc) is 2.27. The maximum Gasteiger partial charge on any atom is 0.309 e. The number of hydrogen-bond donors (Lipinski definition) is 0. The molecule has 0 saturated heterocycles. The van der Waals surface area contributed by atoms with Crippen LogP contribution < -0.4 is 0 Å². The van der Waals surface area contributed by atoms with E-state index in [0.29, 0.717) is 0 Å². The van der Waals surface area contributed by atoms with Crippen LogP contribution >= 0.6 is 0 Å². The van der Waals surface area contributed by atoms with Gasteiger partial charge in [-0.25, -0.2) is 0 Å². The van der Waals surface area contributed by atoms with Gasteiger partial charge < -0.3 is 9.47 Å². The molecule has 1 saturated carbocycles. The van der Waals surface area contributed by atoms with Gasteiger partial charge >= 0.3 is 11.9 Å². The summed E-state index contributed by atoms with van der Waals surface area (Å²) < 4.78 is 9.85. The smallest absolute Gasteiger partial charge is 0.309 e. The summed E-state index contributed by atoms with van der Waals surface area (Å²) in [6.45, 7) is 3.69. The van der Waals surface area contributed by atoms with Crippen molar-refractivity contribution in [3.63, 3.8) is 0 Å². The molecule has 0 heterocycles. The average molecular weight is 228 g/mol. The molecule has 0 aromatic heterocycles. The van der Waals surface area contributed by atoms with Crippen LogP contribution in [0, 0.1) is 11.8 Å². The van der Waals surface area contributed by atoms with Gasteiger partial charge in [-0.05, 0) is 39.5 Å². The Morgan fingerprint density at radius 1 is 1.00 bits per heavy atom. The van der Waals surface area contributed by atoms with Gasteiger partial charge in [-0.3, -0.25) is 9.59 Å². The van der Waals surface area contributed by atoms with Crippen LogP contribution in [0.2, 0.25) is 0 Å². The van der Waals surface area contributed by atoms with Crippen molar-refractivity contribution in [2.75, 3.05) is 7.11 Å². The van der Waals surface area contributed by atoms with E-state index < -0.39 is 0 Å². The van der Waals surface area contributed by atoms with Crippen molar-refractivity contribution in [3.8, 4) is 0 Å². The zero-order valence-corrected chi connectivity index (χ0v) is 10.2. The van der Waals surface area contributed by atoms with E-state index in [-0.39, 0.29) is 29.9 Å². The Hall–Kier alpha value is -1.06. The van der Waals surface area contributed by atoms with Crippen LogP contribution in [0.15, 0.2) is 0 Å². The Kier molecular flexibility index (Phi) is 4.77. The molecule has 1 rings (SSSR count). The first-order valence-electron chi connectivity index (χ1n) is 5.83. The van der Waals surface area contributed by atoms with Crippen molar-refractivity contribution in [1.29, 1.82) is 0 Å². The van der Waals surface area contributed by atoms with Gasteiger partial charge in [0.2, 0.25) is 0 Å². The molecule has 4 heteroatoms. The summed E-state index contributed by atoms with van der Waals surface area (Å²) >= 11 is 0. The molecule has 0 N–H and O–H groups in total. The highest BCUT2D eigenvalue weighted by atomic mass is 16.5. The summed E-state index contributed by atoms with van der Waals surface area (Å²) in [4.78, 5) is 22.9. The number of esters is 2. The molecule has 92 valence electrons. The highest BCUT2D eigenvalue weighted by molar-refractivity contribution is 5.75. The standard InChI is InChI=1S/C12H20O4/c1-8(2)16-12(14)10-6-4-9(5-7-10)11(13)15-3/h8-10H,4-7H2,1-3H3. The molecule has 0 unspecified atom stereocenters. The molecule has 16 heavy (non-hydrogen) atoms. The quantitative estimate of drug-likeness (QED) is 0.692. The van der Waals surface area contributed by atoms with E-state index in [1.54, 1.807) is 0 Å². The Bertz CT molecular complexity index is 252. The van der Waals surface area contributed by atoms with Crippen LogP contribution in [0.4, 0.5) is 0 Å². The fraction of sp³-hybridized carbons (Fsp3) is 0.833. The highest BCUT2D eigenvalue weighted by Crippen LogP contribution is 2.30. The molecule has 0 spiro atoms. The number of ether oxygens (including phenoxy) is 2. The van der Waals surface area contributed by atoms with Crippen molar-refractivity contribution in [3.05, 3.63) is 0 Å². The lowest BCUT2D eigenvalue weighted by Gasteiger charge is -2.26. The predicted octanol–water partition coefficient (Wildman–Crippen LogP) is 1.92. The lowest BCUT2D eigenvalue weighted by Crippen LogP contribution is -2.28. The van der Waals surface area contributed by atoms with Crippen LogP contribution in [-0.2, 0) is 19.1 Å². The van der Waals surface area contributed by atoms with Crippen LogP contribution in [0.25, 0.3) is 0 Å². The Morgan fingerprint density at radius 2 is 1.44 bits per heavy atom. The first kappa shape index (κ1) is 13.0. The van der Waals surface area contributed by atoms with E-state index in [1.165, 1.54) is 7.11 Å². The first-order valence-corrected chi connectivity index (χ1v) is 5.83. The van der Waals surface area contributed by atoms with Crippen molar-refractivity contribution in [2.45, 2.75) is 45.6 Å². The first-order chi connectivity index (χ1) is 7.54. The molecule has 4 nitrogen and oxygen atoms in total. The third-order valence-electron chi connectivity index (χ3n) is 2.95. The second-order valence-electron chi connectivity index (χ2n) is 4.56. The summed E-state index contributed by atoms with van der Waals surface area (Å²) in [7, 11) is 1.40. The number of carbonyl (C=O) groups is 2. The molecule has 1 aliphatic rings. The summed E-state index contributed by atoms with van der Waals surface area (Å²) in [6.07, 6.45) is 2.84. The van der Waals surface area contributed by atoms with E-state index >= 15 is 0 Å². The Balaban J connectivity index is 2.37. The SMILES string of the molecule is COC(=O)C1CCC(C(=O)OC(C)C)CC1. The topological polar surface area (TPSA) is 52.6 Å². The lowest BCUT2D eigenvalue weighted by molar-refractivity contribution is -0.156. The van der Waals surface area contributed by atoms with Crippen molar-refractivity contribution < 1.29 is 19.1 Å². The summed E-state index contributed by atoms with van der Waals surface area (Å²) in [5.74, 6) is -0.356. The van der Waals surface area contributed by atoms with Gasteiger partial charge in [-0.15, -0.1) is 0 Å². The van der Waals surface area contributed by atoms with Gasteiger partial charge in [0.25, 0.3) is 0 Å². The number of carbonyl (C=O) groups excluding carboxylic acids is 2. The molecule has 0 aromatic rings. The predicted molar refractivity (Wildman–Crippen MR) is 58.7 cm³/mol. The summed E-state index contributed by atoms with van der Waals surface area (Å²) in [5, 5.41) is 0. The molecule has 0 amide bonds. The summed E-state index contributed by atoms with van der Waals surface area (Å²) in [5.41, 5.74) is 0. The Labute approximate surface area is 96.3 Å². The van der Waals surface area contributed by atoms with Gasteiger partial charge in [-0.2, -0.15) is 0 Å². The van der Waals surface area contributed by atoms with E-state index in [4.69, 9.17) is 9.47 Å². The maximum atomic E-state index is 11.6. The second kappa shape index (κ2) is 5.87. The van der Waals surface area contributed by atoms with Gasteiger partial charge in [0, 0.05) is 0 Å². The van der Waals surface area contributed by atoms with Crippen LogP contribution in [0.5, 0.6) is 0 Å². The van der Waals surface area contributed by atoms with Gasteiger partial charge in [0.15, 0.2) is 0 Å². The van der Waals surface area contributed by atoms with Crippen LogP contribution in [0.1, 0.15) is 39.5 Å². The second-order valence-corrected chi connectivity index (χ2v) is 4.56. The van der Waals surface area contributed by atoms with Gasteiger partial charge in [0.05, 0.1) is 25.0 Å². The monoisotopic (exact) mass is 228 g/mol. The minimum atomic E-state index is -0.157. The van der Waals surface area contributed by atoms with E-state index in [2.05, 4.69) is 0 Å². The van der Waals surface area contributed by atoms with Gasteiger partial charge in [0.1, 0.15) is 0 Å². The fourth-order valence-corrected chi connectivity index (χ4v) is 2.06. The molecule has 0 radical (unpaired) electrons. The van der Waals surface area contributed by atoms with Crippen LogP contribution in [0.3, 0.4) is 0 Å². The van der Waals surface area contributed by atoms with Crippen molar-refractivity contribution >= 4 is 11.9 Å². The third kappa shape index (κ3) is 3.51. The third-order valence-corrected chi connectivity index (χ3v) is 2.95. The molecule has 0 aliphatic heterocycles. The largest absolute Gasteiger partial charge is 0.469 e. The highest BCUT2D eigenvalue weighted by Gasteiger charge is 2.31. The van der Waals surface area contributed by atoms with Crippen molar-refractivity contribution in [2.24, 2.45) is 11.8 Å². The maximum absolute atomic E-state index is 11.6. The summed E-state index contributed by atoms with van der Waals surface area (Å²) in [6, 6.07) is 0. The van der Waals surface area contributed by atoms with E-state index in [1.807, 2.05) is 13.8 Å². The van der Waals surface area contributed by atoms with Gasteiger partial charge in [-0.1, -0.05) is 0 Å². The molecular weight excluding hydrogens is 208 g/mol. The molecular formula is C12H20O4. The molecule has 0 aromatic carbocycles. The molecule has 1 aliphatic carbocycles. The number of rotatable bonds is 3. The lowest BCUT2D eigenvalue weighted by atomic mass is 9.82. The van der Waals surface area contributed by atoms with E-state index in [0.717, 1.165) is 25.7 Å². The minimum Gasteiger partial charge on any atom is -0.469 e. The zero-order valence-electron chi connectivity index (χ0n) is 10.2. The number of hydrogen-bond acceptors (Lipinski definition) is 4. The van der Waals surface area contributed by atoms with E-state index in [9.17, 15) is 9.59 Å². The number of methoxy groups -OCH3 is 1. The molecule has 0 bridgehead atoms. The molecule has 0 atom stereocenters. The zero-order chi connectivity index (χ0) is 12.1. The normalized spacial score (nSPS) is 25.2. The Morgan fingerprint density at radius 3 is 1.81 bits per heavy atom. The fourth-order valence-electron chi connectivity index (χ4n) is 2.06. The van der Waals surface area contributed by atoms with Crippen molar-refractivity contribution in [1.82, 2.24) is 0 Å².